The van der Waals surface area contributed by atoms with Crippen molar-refractivity contribution in [1.29, 1.82) is 0 Å². The Kier molecular flexibility index (Phi) is 6.73. The quantitative estimate of drug-likeness (QED) is 0.737. The number of nitrogens with zero attached hydrogens (tertiary/aromatic N) is 2. The molecule has 1 heterocycles. The second-order valence-electron chi connectivity index (χ2n) is 8.08. The fourth-order valence-electron chi connectivity index (χ4n) is 3.70. The average Bonchev–Trinajstić information content (AvgIpc) is 3.07. The molecule has 1 saturated carbocycles. The molecule has 28 heavy (non-hydrogen) atoms. The standard InChI is InChI=1S/C22H32N4O2/c1-15(2)26-21(14-20(25-26)17-8-6-5-7-9-17)24-22(27)23-18-10-12-19(13-11-18)28-16(3)4/h5-9,14-16,18-19H,10-13H2,1-4H3,(H2,23,24,27). The highest BCUT2D eigenvalue weighted by atomic mass is 16.5. The molecule has 1 aliphatic carbocycles. The first kappa shape index (κ1) is 20.4. The number of amides is 2. The fourth-order valence-corrected chi connectivity index (χ4v) is 3.70. The molecule has 1 aromatic heterocycles. The number of rotatable bonds is 6. The van der Waals surface area contributed by atoms with Crippen molar-refractivity contribution < 1.29 is 9.53 Å². The first-order chi connectivity index (χ1) is 13.4. The Balaban J connectivity index is 1.60. The van der Waals surface area contributed by atoms with Crippen LogP contribution in [0.3, 0.4) is 0 Å². The van der Waals surface area contributed by atoms with Gasteiger partial charge >= 0.3 is 6.03 Å². The van der Waals surface area contributed by atoms with Gasteiger partial charge < -0.3 is 10.1 Å². The highest BCUT2D eigenvalue weighted by Crippen LogP contribution is 2.25. The summed E-state index contributed by atoms with van der Waals surface area (Å²) in [4.78, 5) is 12.6. The number of carbonyl (C=O) groups excluding carboxylic acids is 1. The van der Waals surface area contributed by atoms with E-state index in [0.29, 0.717) is 11.9 Å². The molecule has 0 spiro atoms. The van der Waals surface area contributed by atoms with Gasteiger partial charge in [-0.3, -0.25) is 5.32 Å². The van der Waals surface area contributed by atoms with Gasteiger partial charge in [-0.25, -0.2) is 9.48 Å². The number of urea groups is 1. The minimum Gasteiger partial charge on any atom is -0.376 e. The van der Waals surface area contributed by atoms with E-state index in [1.807, 2.05) is 41.1 Å². The van der Waals surface area contributed by atoms with Crippen LogP contribution in [0.4, 0.5) is 10.6 Å². The Labute approximate surface area is 167 Å². The summed E-state index contributed by atoms with van der Waals surface area (Å²) in [6.45, 7) is 8.25. The van der Waals surface area contributed by atoms with E-state index in [1.54, 1.807) is 0 Å². The molecule has 6 heteroatoms. The summed E-state index contributed by atoms with van der Waals surface area (Å²) >= 11 is 0. The fraction of sp³-hybridized carbons (Fsp3) is 0.545. The van der Waals surface area contributed by atoms with Crippen LogP contribution in [0.15, 0.2) is 36.4 Å². The molecular weight excluding hydrogens is 352 g/mol. The first-order valence-corrected chi connectivity index (χ1v) is 10.3. The van der Waals surface area contributed by atoms with Crippen LogP contribution >= 0.6 is 0 Å². The Morgan fingerprint density at radius 2 is 1.79 bits per heavy atom. The van der Waals surface area contributed by atoms with Crippen molar-refractivity contribution in [2.24, 2.45) is 0 Å². The molecule has 1 aliphatic rings. The lowest BCUT2D eigenvalue weighted by Gasteiger charge is -2.30. The maximum Gasteiger partial charge on any atom is 0.320 e. The van der Waals surface area contributed by atoms with Gasteiger partial charge in [-0.1, -0.05) is 30.3 Å². The lowest BCUT2D eigenvalue weighted by molar-refractivity contribution is -0.0155. The third-order valence-corrected chi connectivity index (χ3v) is 5.01. The van der Waals surface area contributed by atoms with Crippen LogP contribution in [0.5, 0.6) is 0 Å². The van der Waals surface area contributed by atoms with Crippen LogP contribution in [0.2, 0.25) is 0 Å². The van der Waals surface area contributed by atoms with Crippen molar-refractivity contribution in [3.05, 3.63) is 36.4 Å². The van der Waals surface area contributed by atoms with Crippen molar-refractivity contribution >= 4 is 11.8 Å². The van der Waals surface area contributed by atoms with Crippen molar-refractivity contribution in [2.45, 2.75) is 77.7 Å². The summed E-state index contributed by atoms with van der Waals surface area (Å²) < 4.78 is 7.74. The lowest BCUT2D eigenvalue weighted by atomic mass is 9.93. The van der Waals surface area contributed by atoms with Crippen LogP contribution in [-0.4, -0.2) is 34.1 Å². The summed E-state index contributed by atoms with van der Waals surface area (Å²) in [6.07, 6.45) is 4.45. The minimum atomic E-state index is -0.172. The zero-order chi connectivity index (χ0) is 20.1. The van der Waals surface area contributed by atoms with E-state index in [2.05, 4.69) is 43.4 Å². The van der Waals surface area contributed by atoms with Crippen LogP contribution in [0.25, 0.3) is 11.3 Å². The van der Waals surface area contributed by atoms with Gasteiger partial charge in [0.2, 0.25) is 0 Å². The van der Waals surface area contributed by atoms with Gasteiger partial charge in [0, 0.05) is 23.7 Å². The van der Waals surface area contributed by atoms with E-state index >= 15 is 0 Å². The smallest absolute Gasteiger partial charge is 0.320 e. The van der Waals surface area contributed by atoms with Crippen LogP contribution in [0.1, 0.15) is 59.4 Å². The zero-order valence-electron chi connectivity index (χ0n) is 17.3. The van der Waals surface area contributed by atoms with Gasteiger partial charge in [-0.2, -0.15) is 5.10 Å². The topological polar surface area (TPSA) is 68.2 Å². The molecule has 2 amide bonds. The number of hydrogen-bond acceptors (Lipinski definition) is 3. The molecule has 1 fully saturated rings. The summed E-state index contributed by atoms with van der Waals surface area (Å²) in [5.74, 6) is 0.711. The second kappa shape index (κ2) is 9.24. The maximum atomic E-state index is 12.6. The normalized spacial score (nSPS) is 19.8. The van der Waals surface area contributed by atoms with Crippen molar-refractivity contribution in [3.63, 3.8) is 0 Å². The number of anilines is 1. The van der Waals surface area contributed by atoms with Gasteiger partial charge in [0.05, 0.1) is 17.9 Å². The number of benzene rings is 1. The lowest BCUT2D eigenvalue weighted by Crippen LogP contribution is -2.41. The number of hydrogen-bond donors (Lipinski definition) is 2. The molecular formula is C22H32N4O2. The van der Waals surface area contributed by atoms with E-state index in [0.717, 1.165) is 36.9 Å². The number of aromatic nitrogens is 2. The van der Waals surface area contributed by atoms with E-state index in [1.165, 1.54) is 0 Å². The Bertz CT molecular complexity index is 762. The molecule has 0 radical (unpaired) electrons. The van der Waals surface area contributed by atoms with Crippen LogP contribution < -0.4 is 10.6 Å². The molecule has 6 nitrogen and oxygen atoms in total. The molecule has 0 atom stereocenters. The van der Waals surface area contributed by atoms with Crippen LogP contribution in [-0.2, 0) is 4.74 Å². The maximum absolute atomic E-state index is 12.6. The van der Waals surface area contributed by atoms with Gasteiger partial charge in [0.1, 0.15) is 5.82 Å². The molecule has 0 bridgehead atoms. The van der Waals surface area contributed by atoms with Gasteiger partial charge in [-0.15, -0.1) is 0 Å². The second-order valence-corrected chi connectivity index (χ2v) is 8.08. The highest BCUT2D eigenvalue weighted by molar-refractivity contribution is 5.89. The monoisotopic (exact) mass is 384 g/mol. The number of ether oxygens (including phenoxy) is 1. The molecule has 0 saturated heterocycles. The van der Waals surface area contributed by atoms with E-state index < -0.39 is 0 Å². The molecule has 0 aliphatic heterocycles. The van der Waals surface area contributed by atoms with E-state index in [9.17, 15) is 4.79 Å². The van der Waals surface area contributed by atoms with Gasteiger partial charge in [0.25, 0.3) is 0 Å². The van der Waals surface area contributed by atoms with Gasteiger partial charge in [-0.05, 0) is 53.4 Å². The average molecular weight is 385 g/mol. The Morgan fingerprint density at radius 3 is 2.39 bits per heavy atom. The largest absolute Gasteiger partial charge is 0.376 e. The minimum absolute atomic E-state index is 0.149. The Hall–Kier alpha value is -2.34. The van der Waals surface area contributed by atoms with E-state index in [-0.39, 0.29) is 24.2 Å². The number of carbonyl (C=O) groups is 1. The van der Waals surface area contributed by atoms with Crippen molar-refractivity contribution in [1.82, 2.24) is 15.1 Å². The third kappa shape index (κ3) is 5.35. The predicted molar refractivity (Wildman–Crippen MR) is 112 cm³/mol. The predicted octanol–water partition coefficient (Wildman–Crippen LogP) is 4.99. The Morgan fingerprint density at radius 1 is 1.11 bits per heavy atom. The van der Waals surface area contributed by atoms with Crippen LogP contribution in [0, 0.1) is 0 Å². The summed E-state index contributed by atoms with van der Waals surface area (Å²) in [7, 11) is 0. The molecule has 152 valence electrons. The molecule has 2 N–H and O–H groups in total. The summed E-state index contributed by atoms with van der Waals surface area (Å²) in [5, 5.41) is 10.8. The van der Waals surface area contributed by atoms with E-state index in [4.69, 9.17) is 4.74 Å². The molecule has 1 aromatic carbocycles. The third-order valence-electron chi connectivity index (χ3n) is 5.01. The van der Waals surface area contributed by atoms with Crippen molar-refractivity contribution in [3.8, 4) is 11.3 Å². The summed E-state index contributed by atoms with van der Waals surface area (Å²) in [6, 6.07) is 12.1. The van der Waals surface area contributed by atoms with Gasteiger partial charge in [0.15, 0.2) is 0 Å². The SMILES string of the molecule is CC(C)OC1CCC(NC(=O)Nc2cc(-c3ccccc3)nn2C(C)C)CC1. The molecule has 2 aromatic rings. The summed E-state index contributed by atoms with van der Waals surface area (Å²) in [5.41, 5.74) is 1.89. The first-order valence-electron chi connectivity index (χ1n) is 10.3. The molecule has 3 rings (SSSR count). The van der Waals surface area contributed by atoms with Crippen molar-refractivity contribution in [2.75, 3.05) is 5.32 Å². The highest BCUT2D eigenvalue weighted by Gasteiger charge is 2.24. The zero-order valence-corrected chi connectivity index (χ0v) is 17.3. The molecule has 0 unspecified atom stereocenters. The number of nitrogens with one attached hydrogen (secondary N) is 2.